The van der Waals surface area contributed by atoms with Gasteiger partial charge in [0.25, 0.3) is 17.7 Å². The van der Waals surface area contributed by atoms with Crippen molar-refractivity contribution in [2.75, 3.05) is 31.8 Å². The van der Waals surface area contributed by atoms with E-state index in [1.165, 1.54) is 18.1 Å². The van der Waals surface area contributed by atoms with Gasteiger partial charge < -0.3 is 14.2 Å². The first-order valence-electron chi connectivity index (χ1n) is 8.64. The van der Waals surface area contributed by atoms with Crippen LogP contribution in [0.3, 0.4) is 0 Å². The van der Waals surface area contributed by atoms with E-state index in [9.17, 15) is 19.2 Å². The molecule has 0 bridgehead atoms. The van der Waals surface area contributed by atoms with Gasteiger partial charge in [-0.05, 0) is 24.3 Å². The normalized spacial score (nSPS) is 12.4. The van der Waals surface area contributed by atoms with E-state index < -0.39 is 30.3 Å². The summed E-state index contributed by atoms with van der Waals surface area (Å²) >= 11 is 0. The highest BCUT2D eigenvalue weighted by Crippen LogP contribution is 2.31. The van der Waals surface area contributed by atoms with Gasteiger partial charge in [0.05, 0.1) is 18.4 Å². The summed E-state index contributed by atoms with van der Waals surface area (Å²) in [5, 5.41) is 2.12. The molecule has 0 saturated carbocycles. The predicted octanol–water partition coefficient (Wildman–Crippen LogP) is 0.920. The first-order chi connectivity index (χ1) is 14.0. The Balaban J connectivity index is 1.54. The molecule has 0 atom stereocenters. The minimum absolute atomic E-state index is 0.171. The number of nitrogens with one attached hydrogen (secondary N) is 1. The van der Waals surface area contributed by atoms with Gasteiger partial charge in [0.2, 0.25) is 0 Å². The van der Waals surface area contributed by atoms with E-state index in [0.29, 0.717) is 17.2 Å². The maximum absolute atomic E-state index is 12.2. The summed E-state index contributed by atoms with van der Waals surface area (Å²) < 4.78 is 15.3. The molecule has 150 valence electrons. The molecular formula is C20H18N2O7. The molecule has 3 rings (SSSR count). The van der Waals surface area contributed by atoms with Gasteiger partial charge in [-0.2, -0.15) is 0 Å². The smallest absolute Gasteiger partial charge is 0.326 e. The number of fused-ring (bicyclic) bond motifs is 1. The highest BCUT2D eigenvalue weighted by molar-refractivity contribution is 6.07. The maximum Gasteiger partial charge on any atom is 0.326 e. The van der Waals surface area contributed by atoms with E-state index in [4.69, 9.17) is 14.2 Å². The van der Waals surface area contributed by atoms with Crippen molar-refractivity contribution in [1.29, 1.82) is 0 Å². The van der Waals surface area contributed by atoms with Gasteiger partial charge in [-0.15, -0.1) is 0 Å². The number of esters is 1. The molecule has 0 saturated heterocycles. The van der Waals surface area contributed by atoms with Crippen LogP contribution in [-0.2, 0) is 19.1 Å². The molecule has 0 fully saturated rings. The number of carbonyl (C=O) groups excluding carboxylic acids is 4. The van der Waals surface area contributed by atoms with Gasteiger partial charge in [-0.25, -0.2) is 0 Å². The molecule has 9 heteroatoms. The van der Waals surface area contributed by atoms with Crippen LogP contribution in [0.4, 0.5) is 5.69 Å². The fraction of sp³-hybridized carbons (Fsp3) is 0.200. The number of anilines is 1. The number of hydrogen-bond donors (Lipinski definition) is 1. The van der Waals surface area contributed by atoms with Gasteiger partial charge in [0, 0.05) is 0 Å². The average Bonchev–Trinajstić information content (AvgIpc) is 2.74. The van der Waals surface area contributed by atoms with Gasteiger partial charge in [0.15, 0.2) is 13.2 Å². The summed E-state index contributed by atoms with van der Waals surface area (Å²) in [5.41, 5.74) is 0.613. The van der Waals surface area contributed by atoms with E-state index in [1.54, 1.807) is 42.5 Å². The molecule has 3 amide bonds. The zero-order valence-electron chi connectivity index (χ0n) is 15.5. The Bertz CT molecular complexity index is 957. The van der Waals surface area contributed by atoms with E-state index in [1.807, 2.05) is 0 Å². The Labute approximate surface area is 166 Å². The minimum atomic E-state index is -0.803. The van der Waals surface area contributed by atoms with Crippen LogP contribution in [0.5, 0.6) is 11.5 Å². The Morgan fingerprint density at radius 2 is 1.83 bits per heavy atom. The van der Waals surface area contributed by atoms with Crippen molar-refractivity contribution in [2.24, 2.45) is 0 Å². The fourth-order valence-electron chi connectivity index (χ4n) is 2.71. The largest absolute Gasteiger partial charge is 0.496 e. The monoisotopic (exact) mass is 398 g/mol. The summed E-state index contributed by atoms with van der Waals surface area (Å²) in [6.45, 7) is -1.25. The summed E-state index contributed by atoms with van der Waals surface area (Å²) in [6, 6.07) is 13.1. The highest BCUT2D eigenvalue weighted by atomic mass is 16.5. The second-order valence-electron chi connectivity index (χ2n) is 5.97. The Morgan fingerprint density at radius 1 is 1.10 bits per heavy atom. The molecule has 29 heavy (non-hydrogen) atoms. The van der Waals surface area contributed by atoms with Gasteiger partial charge in [-0.1, -0.05) is 24.3 Å². The number of para-hydroxylation sites is 3. The molecule has 0 unspecified atom stereocenters. The molecule has 2 aromatic carbocycles. The number of amides is 3. The molecule has 0 radical (unpaired) electrons. The molecular weight excluding hydrogens is 380 g/mol. The van der Waals surface area contributed by atoms with Crippen molar-refractivity contribution < 1.29 is 33.4 Å². The molecule has 1 N–H and O–H groups in total. The molecule has 0 spiro atoms. The number of rotatable bonds is 6. The number of benzene rings is 2. The van der Waals surface area contributed by atoms with Crippen molar-refractivity contribution in [2.45, 2.75) is 0 Å². The molecule has 0 aromatic heterocycles. The lowest BCUT2D eigenvalue weighted by atomic mass is 10.2. The summed E-state index contributed by atoms with van der Waals surface area (Å²) in [5.74, 6) is -1.91. The van der Waals surface area contributed by atoms with Crippen molar-refractivity contribution in [3.8, 4) is 11.5 Å². The van der Waals surface area contributed by atoms with Crippen LogP contribution in [0.25, 0.3) is 0 Å². The first kappa shape index (κ1) is 19.9. The predicted molar refractivity (Wildman–Crippen MR) is 101 cm³/mol. The quantitative estimate of drug-likeness (QED) is 0.720. The highest BCUT2D eigenvalue weighted by Gasteiger charge is 2.27. The Kier molecular flexibility index (Phi) is 6.08. The average molecular weight is 398 g/mol. The van der Waals surface area contributed by atoms with Crippen LogP contribution < -0.4 is 19.7 Å². The van der Waals surface area contributed by atoms with E-state index in [2.05, 4.69) is 5.32 Å². The molecule has 2 aromatic rings. The number of ether oxygens (including phenoxy) is 3. The van der Waals surface area contributed by atoms with Gasteiger partial charge in [0.1, 0.15) is 18.0 Å². The van der Waals surface area contributed by atoms with E-state index in [0.717, 1.165) is 0 Å². The standard InChI is InChI=1S/C20H18N2O7/c1-27-15-8-4-2-6-13(15)20(26)21-17(23)11-29-19(25)10-22-14-7-3-5-9-16(14)28-12-18(22)24/h2-9H,10-12H2,1H3,(H,21,23,26). The minimum Gasteiger partial charge on any atom is -0.496 e. The Hall–Kier alpha value is -3.88. The van der Waals surface area contributed by atoms with Crippen LogP contribution in [0.15, 0.2) is 48.5 Å². The fourth-order valence-corrected chi connectivity index (χ4v) is 2.71. The molecule has 0 aliphatic carbocycles. The van der Waals surface area contributed by atoms with Gasteiger partial charge in [-0.3, -0.25) is 29.4 Å². The van der Waals surface area contributed by atoms with Gasteiger partial charge >= 0.3 is 5.97 Å². The second kappa shape index (κ2) is 8.87. The lowest BCUT2D eigenvalue weighted by Gasteiger charge is -2.28. The SMILES string of the molecule is COc1ccccc1C(=O)NC(=O)COC(=O)CN1C(=O)COc2ccccc21. The van der Waals surface area contributed by atoms with Crippen molar-refractivity contribution >= 4 is 29.4 Å². The van der Waals surface area contributed by atoms with Crippen LogP contribution in [0.1, 0.15) is 10.4 Å². The number of nitrogens with zero attached hydrogens (tertiary/aromatic N) is 1. The zero-order valence-corrected chi connectivity index (χ0v) is 15.5. The topological polar surface area (TPSA) is 111 Å². The number of carbonyl (C=O) groups is 4. The third-order valence-corrected chi connectivity index (χ3v) is 4.06. The van der Waals surface area contributed by atoms with Crippen LogP contribution >= 0.6 is 0 Å². The van der Waals surface area contributed by atoms with Crippen molar-refractivity contribution in [3.63, 3.8) is 0 Å². The molecule has 1 aliphatic rings. The van der Waals surface area contributed by atoms with Crippen LogP contribution in [-0.4, -0.2) is 50.6 Å². The lowest BCUT2D eigenvalue weighted by Crippen LogP contribution is -2.43. The third kappa shape index (κ3) is 4.70. The van der Waals surface area contributed by atoms with Crippen molar-refractivity contribution in [3.05, 3.63) is 54.1 Å². The molecule has 9 nitrogen and oxygen atoms in total. The summed E-state index contributed by atoms with van der Waals surface area (Å²) in [6.07, 6.45) is 0. The number of imide groups is 1. The number of methoxy groups -OCH3 is 1. The molecule has 1 heterocycles. The maximum atomic E-state index is 12.2. The van der Waals surface area contributed by atoms with Crippen molar-refractivity contribution in [1.82, 2.24) is 5.32 Å². The number of hydrogen-bond acceptors (Lipinski definition) is 7. The lowest BCUT2D eigenvalue weighted by molar-refractivity contribution is -0.147. The molecule has 1 aliphatic heterocycles. The first-order valence-corrected chi connectivity index (χ1v) is 8.64. The Morgan fingerprint density at radius 3 is 2.62 bits per heavy atom. The second-order valence-corrected chi connectivity index (χ2v) is 5.97. The van der Waals surface area contributed by atoms with Crippen LogP contribution in [0.2, 0.25) is 0 Å². The van der Waals surface area contributed by atoms with E-state index >= 15 is 0 Å². The summed E-state index contributed by atoms with van der Waals surface area (Å²) in [7, 11) is 1.40. The summed E-state index contributed by atoms with van der Waals surface area (Å²) in [4.78, 5) is 49.5. The van der Waals surface area contributed by atoms with Crippen LogP contribution in [0, 0.1) is 0 Å². The zero-order chi connectivity index (χ0) is 20.8. The third-order valence-electron chi connectivity index (χ3n) is 4.06. The van der Waals surface area contributed by atoms with E-state index in [-0.39, 0.29) is 18.7 Å².